The van der Waals surface area contributed by atoms with E-state index in [4.69, 9.17) is 10.5 Å². The maximum Gasteiger partial charge on any atom is 0.243 e. The highest BCUT2D eigenvalue weighted by molar-refractivity contribution is 7.89. The van der Waals surface area contributed by atoms with Crippen LogP contribution in [0.2, 0.25) is 0 Å². The van der Waals surface area contributed by atoms with Gasteiger partial charge in [0.2, 0.25) is 10.0 Å². The fourth-order valence-corrected chi connectivity index (χ4v) is 4.17. The van der Waals surface area contributed by atoms with Crippen LogP contribution in [0, 0.1) is 0 Å². The van der Waals surface area contributed by atoms with E-state index in [1.165, 1.54) is 0 Å². The minimum Gasteiger partial charge on any atom is -0.494 e. The molecule has 1 aliphatic rings. The van der Waals surface area contributed by atoms with Gasteiger partial charge in [-0.15, -0.1) is 0 Å². The van der Waals surface area contributed by atoms with Gasteiger partial charge < -0.3 is 10.5 Å². The molecule has 118 valence electrons. The lowest BCUT2D eigenvalue weighted by Gasteiger charge is -2.20. The second-order valence-electron chi connectivity index (χ2n) is 5.22. The molecule has 0 saturated carbocycles. The number of nitrogens with two attached hydrogens (primary N) is 1. The van der Waals surface area contributed by atoms with Crippen molar-refractivity contribution < 1.29 is 13.2 Å². The third kappa shape index (κ3) is 3.75. The standard InChI is InChI=1S/C15H24N2O3S/c1-2-20-15-8-7-14(11-13(15)12-16)21(18,19)17-9-5-3-4-6-10-17/h7-8,11H,2-6,9-10,12,16H2,1H3. The van der Waals surface area contributed by atoms with Crippen molar-refractivity contribution in [1.82, 2.24) is 4.31 Å². The molecule has 1 aromatic carbocycles. The zero-order valence-electron chi connectivity index (χ0n) is 12.5. The van der Waals surface area contributed by atoms with Crippen LogP contribution in [-0.2, 0) is 16.6 Å². The number of sulfonamides is 1. The Morgan fingerprint density at radius 1 is 1.19 bits per heavy atom. The molecule has 1 heterocycles. The number of benzene rings is 1. The largest absolute Gasteiger partial charge is 0.494 e. The minimum atomic E-state index is -3.43. The van der Waals surface area contributed by atoms with E-state index < -0.39 is 10.0 Å². The second kappa shape index (κ2) is 7.24. The van der Waals surface area contributed by atoms with Crippen molar-refractivity contribution in [2.45, 2.75) is 44.0 Å². The first-order chi connectivity index (χ1) is 10.1. The lowest BCUT2D eigenvalue weighted by Crippen LogP contribution is -2.32. The first kappa shape index (κ1) is 16.3. The van der Waals surface area contributed by atoms with Gasteiger partial charge >= 0.3 is 0 Å². The van der Waals surface area contributed by atoms with Gasteiger partial charge in [-0.25, -0.2) is 8.42 Å². The molecule has 21 heavy (non-hydrogen) atoms. The van der Waals surface area contributed by atoms with E-state index in [0.29, 0.717) is 30.3 Å². The molecule has 1 aliphatic heterocycles. The number of nitrogens with zero attached hydrogens (tertiary/aromatic N) is 1. The highest BCUT2D eigenvalue weighted by Gasteiger charge is 2.25. The summed E-state index contributed by atoms with van der Waals surface area (Å²) >= 11 is 0. The average molecular weight is 312 g/mol. The summed E-state index contributed by atoms with van der Waals surface area (Å²) in [6.45, 7) is 3.90. The molecule has 1 saturated heterocycles. The average Bonchev–Trinajstić information content (AvgIpc) is 2.77. The maximum absolute atomic E-state index is 12.7. The number of hydrogen-bond acceptors (Lipinski definition) is 4. The Labute approximate surface area is 127 Å². The zero-order chi connectivity index (χ0) is 15.3. The summed E-state index contributed by atoms with van der Waals surface area (Å²) < 4.78 is 32.5. The Kier molecular flexibility index (Phi) is 5.61. The van der Waals surface area contributed by atoms with E-state index in [2.05, 4.69) is 0 Å². The van der Waals surface area contributed by atoms with E-state index in [1.54, 1.807) is 22.5 Å². The van der Waals surface area contributed by atoms with Crippen LogP contribution in [0.25, 0.3) is 0 Å². The zero-order valence-corrected chi connectivity index (χ0v) is 13.4. The van der Waals surface area contributed by atoms with Crippen LogP contribution in [0.5, 0.6) is 5.75 Å². The van der Waals surface area contributed by atoms with Crippen molar-refractivity contribution in [2.75, 3.05) is 19.7 Å². The molecule has 6 heteroatoms. The molecule has 0 bridgehead atoms. The SMILES string of the molecule is CCOc1ccc(S(=O)(=O)N2CCCCCC2)cc1CN. The van der Waals surface area contributed by atoms with Crippen LogP contribution in [-0.4, -0.2) is 32.4 Å². The first-order valence-corrected chi connectivity index (χ1v) is 8.99. The summed E-state index contributed by atoms with van der Waals surface area (Å²) in [5.74, 6) is 0.662. The molecule has 0 aromatic heterocycles. The molecular weight excluding hydrogens is 288 g/mol. The molecule has 2 rings (SSSR count). The summed E-state index contributed by atoms with van der Waals surface area (Å²) in [6.07, 6.45) is 4.06. The van der Waals surface area contributed by atoms with Gasteiger partial charge in [-0.05, 0) is 38.0 Å². The van der Waals surface area contributed by atoms with Crippen LogP contribution in [0.3, 0.4) is 0 Å². The molecule has 0 atom stereocenters. The normalized spacial score (nSPS) is 17.4. The fraction of sp³-hybridized carbons (Fsp3) is 0.600. The lowest BCUT2D eigenvalue weighted by atomic mass is 10.2. The van der Waals surface area contributed by atoms with Gasteiger partial charge in [-0.1, -0.05) is 12.8 Å². The molecule has 2 N–H and O–H groups in total. The Morgan fingerprint density at radius 2 is 1.86 bits per heavy atom. The topological polar surface area (TPSA) is 72.6 Å². The summed E-state index contributed by atoms with van der Waals surface area (Å²) in [6, 6.07) is 4.96. The number of rotatable bonds is 5. The molecule has 5 nitrogen and oxygen atoms in total. The fourth-order valence-electron chi connectivity index (χ4n) is 2.60. The highest BCUT2D eigenvalue weighted by atomic mass is 32.2. The monoisotopic (exact) mass is 312 g/mol. The van der Waals surface area contributed by atoms with Crippen molar-refractivity contribution >= 4 is 10.0 Å². The van der Waals surface area contributed by atoms with Crippen LogP contribution in [0.4, 0.5) is 0 Å². The third-order valence-corrected chi connectivity index (χ3v) is 5.65. The Morgan fingerprint density at radius 3 is 2.43 bits per heavy atom. The van der Waals surface area contributed by atoms with Crippen LogP contribution >= 0.6 is 0 Å². The molecule has 0 spiro atoms. The predicted octanol–water partition coefficient (Wildman–Crippen LogP) is 2.11. The first-order valence-electron chi connectivity index (χ1n) is 7.55. The van der Waals surface area contributed by atoms with E-state index >= 15 is 0 Å². The van der Waals surface area contributed by atoms with Crippen molar-refractivity contribution in [1.29, 1.82) is 0 Å². The quantitative estimate of drug-likeness (QED) is 0.904. The molecule has 1 fully saturated rings. The van der Waals surface area contributed by atoms with Crippen molar-refractivity contribution in [3.05, 3.63) is 23.8 Å². The predicted molar refractivity (Wildman–Crippen MR) is 82.7 cm³/mol. The van der Waals surface area contributed by atoms with Crippen molar-refractivity contribution in [3.63, 3.8) is 0 Å². The molecule has 0 unspecified atom stereocenters. The second-order valence-corrected chi connectivity index (χ2v) is 7.16. The molecular formula is C15H24N2O3S. The number of ether oxygens (including phenoxy) is 1. The highest BCUT2D eigenvalue weighted by Crippen LogP contribution is 2.26. The Hall–Kier alpha value is -1.11. The van der Waals surface area contributed by atoms with E-state index in [1.807, 2.05) is 6.92 Å². The van der Waals surface area contributed by atoms with E-state index in [-0.39, 0.29) is 6.54 Å². The van der Waals surface area contributed by atoms with Crippen LogP contribution in [0.1, 0.15) is 38.2 Å². The van der Waals surface area contributed by atoms with Gasteiger partial charge in [0.15, 0.2) is 0 Å². The Balaban J connectivity index is 2.30. The van der Waals surface area contributed by atoms with Crippen LogP contribution in [0.15, 0.2) is 23.1 Å². The molecule has 1 aromatic rings. The third-order valence-electron chi connectivity index (χ3n) is 3.75. The Bertz CT molecular complexity index is 564. The van der Waals surface area contributed by atoms with Crippen molar-refractivity contribution in [2.24, 2.45) is 5.73 Å². The van der Waals surface area contributed by atoms with Gasteiger partial charge in [0.05, 0.1) is 11.5 Å². The minimum absolute atomic E-state index is 0.263. The maximum atomic E-state index is 12.7. The molecule has 0 amide bonds. The summed E-state index contributed by atoms with van der Waals surface area (Å²) in [4.78, 5) is 0.313. The summed E-state index contributed by atoms with van der Waals surface area (Å²) in [7, 11) is -3.43. The van der Waals surface area contributed by atoms with Crippen molar-refractivity contribution in [3.8, 4) is 5.75 Å². The van der Waals surface area contributed by atoms with Crippen LogP contribution < -0.4 is 10.5 Å². The van der Waals surface area contributed by atoms with Gasteiger partial charge in [-0.3, -0.25) is 0 Å². The molecule has 0 radical (unpaired) electrons. The van der Waals surface area contributed by atoms with Gasteiger partial charge in [-0.2, -0.15) is 4.31 Å². The smallest absolute Gasteiger partial charge is 0.243 e. The number of hydrogen-bond donors (Lipinski definition) is 1. The van der Waals surface area contributed by atoms with Gasteiger partial charge in [0, 0.05) is 25.2 Å². The van der Waals surface area contributed by atoms with Gasteiger partial charge in [0.25, 0.3) is 0 Å². The summed E-state index contributed by atoms with van der Waals surface area (Å²) in [5.41, 5.74) is 6.44. The molecule has 0 aliphatic carbocycles. The van der Waals surface area contributed by atoms with E-state index in [9.17, 15) is 8.42 Å². The van der Waals surface area contributed by atoms with E-state index in [0.717, 1.165) is 31.2 Å². The van der Waals surface area contributed by atoms with Gasteiger partial charge in [0.1, 0.15) is 5.75 Å². The lowest BCUT2D eigenvalue weighted by molar-refractivity contribution is 0.336. The summed E-state index contributed by atoms with van der Waals surface area (Å²) in [5, 5.41) is 0.